The van der Waals surface area contributed by atoms with Gasteiger partial charge < -0.3 is 29.4 Å². The molecule has 3 rings (SSSR count). The first-order valence-corrected chi connectivity index (χ1v) is 8.31. The molecule has 27 heavy (non-hydrogen) atoms. The fourth-order valence-corrected chi connectivity index (χ4v) is 2.41. The lowest BCUT2D eigenvalue weighted by molar-refractivity contribution is 0.0798. The Bertz CT molecular complexity index is 923. The van der Waals surface area contributed by atoms with Gasteiger partial charge in [-0.2, -0.15) is 0 Å². The number of aliphatic hydroxyl groups excluding tert-OH is 2. The van der Waals surface area contributed by atoms with Crippen LogP contribution in [0.4, 0.5) is 0 Å². The Morgan fingerprint density at radius 3 is 2.70 bits per heavy atom. The summed E-state index contributed by atoms with van der Waals surface area (Å²) in [4.78, 5) is 15.9. The molecule has 0 aliphatic carbocycles. The highest BCUT2D eigenvalue weighted by Crippen LogP contribution is 2.25. The predicted molar refractivity (Wildman–Crippen MR) is 96.8 cm³/mol. The van der Waals surface area contributed by atoms with Crippen molar-refractivity contribution in [2.75, 3.05) is 20.3 Å². The van der Waals surface area contributed by atoms with Crippen molar-refractivity contribution >= 4 is 16.7 Å². The fraction of sp³-hybridized carbons (Fsp3) is 0.263. The topological polar surface area (TPSA) is 114 Å². The van der Waals surface area contributed by atoms with E-state index in [0.29, 0.717) is 5.75 Å². The molecule has 0 bridgehead atoms. The second-order valence-electron chi connectivity index (χ2n) is 5.84. The molecule has 0 aliphatic rings. The fourth-order valence-electron chi connectivity index (χ4n) is 2.41. The summed E-state index contributed by atoms with van der Waals surface area (Å²) >= 11 is 0. The SMILES string of the molecule is COc1ccc2ccc(OCc3nc(C(=O)NCC(O)CO)co3)cc2c1. The molecule has 0 saturated carbocycles. The quantitative estimate of drug-likeness (QED) is 0.549. The van der Waals surface area contributed by atoms with Crippen LogP contribution >= 0.6 is 0 Å². The molecule has 3 N–H and O–H groups in total. The van der Waals surface area contributed by atoms with Crippen LogP contribution in [0.15, 0.2) is 47.1 Å². The smallest absolute Gasteiger partial charge is 0.273 e. The summed E-state index contributed by atoms with van der Waals surface area (Å²) in [6.07, 6.45) is 0.195. The van der Waals surface area contributed by atoms with Gasteiger partial charge in [0, 0.05) is 6.54 Å². The van der Waals surface area contributed by atoms with E-state index in [9.17, 15) is 9.90 Å². The van der Waals surface area contributed by atoms with E-state index in [-0.39, 0.29) is 24.7 Å². The maximum absolute atomic E-state index is 11.9. The van der Waals surface area contributed by atoms with Crippen molar-refractivity contribution in [3.8, 4) is 11.5 Å². The highest BCUT2D eigenvalue weighted by Gasteiger charge is 2.14. The number of aliphatic hydroxyl groups is 2. The van der Waals surface area contributed by atoms with Crippen molar-refractivity contribution in [2.45, 2.75) is 12.7 Å². The van der Waals surface area contributed by atoms with Gasteiger partial charge in [0.1, 0.15) is 17.8 Å². The minimum absolute atomic E-state index is 0.0576. The third-order valence-electron chi connectivity index (χ3n) is 3.87. The van der Waals surface area contributed by atoms with E-state index in [1.54, 1.807) is 7.11 Å². The zero-order valence-electron chi connectivity index (χ0n) is 14.7. The van der Waals surface area contributed by atoms with Crippen molar-refractivity contribution in [3.63, 3.8) is 0 Å². The number of nitrogens with zero attached hydrogens (tertiary/aromatic N) is 1. The third kappa shape index (κ3) is 4.75. The van der Waals surface area contributed by atoms with Crippen LogP contribution in [0.2, 0.25) is 0 Å². The van der Waals surface area contributed by atoms with Gasteiger partial charge in [-0.15, -0.1) is 0 Å². The molecule has 8 heteroatoms. The maximum atomic E-state index is 11.9. The molecule has 0 spiro atoms. The minimum atomic E-state index is -1.02. The summed E-state index contributed by atoms with van der Waals surface area (Å²) < 4.78 is 16.1. The molecule has 2 aromatic carbocycles. The van der Waals surface area contributed by atoms with E-state index in [4.69, 9.17) is 19.0 Å². The molecule has 3 aromatic rings. The Morgan fingerprint density at radius 1 is 1.22 bits per heavy atom. The number of carbonyl (C=O) groups is 1. The van der Waals surface area contributed by atoms with E-state index in [1.165, 1.54) is 6.26 Å². The normalized spacial score (nSPS) is 12.0. The van der Waals surface area contributed by atoms with Crippen molar-refractivity contribution in [1.29, 1.82) is 0 Å². The molecule has 0 saturated heterocycles. The molecular weight excluding hydrogens is 352 g/mol. The molecule has 1 atom stereocenters. The number of methoxy groups -OCH3 is 1. The van der Waals surface area contributed by atoms with Crippen LogP contribution in [0.3, 0.4) is 0 Å². The van der Waals surface area contributed by atoms with Crippen LogP contribution in [0.5, 0.6) is 11.5 Å². The number of aromatic nitrogens is 1. The number of ether oxygens (including phenoxy) is 2. The van der Waals surface area contributed by atoms with E-state index in [2.05, 4.69) is 10.3 Å². The maximum Gasteiger partial charge on any atom is 0.273 e. The second-order valence-corrected chi connectivity index (χ2v) is 5.84. The molecule has 1 aromatic heterocycles. The highest BCUT2D eigenvalue weighted by atomic mass is 16.5. The Hall–Kier alpha value is -3.10. The van der Waals surface area contributed by atoms with E-state index in [1.807, 2.05) is 36.4 Å². The number of nitrogens with one attached hydrogen (secondary N) is 1. The van der Waals surface area contributed by atoms with Gasteiger partial charge in [0.25, 0.3) is 5.91 Å². The number of carbonyl (C=O) groups excluding carboxylic acids is 1. The van der Waals surface area contributed by atoms with Gasteiger partial charge in [0.05, 0.1) is 19.8 Å². The van der Waals surface area contributed by atoms with Crippen molar-refractivity contribution in [3.05, 3.63) is 54.2 Å². The Morgan fingerprint density at radius 2 is 1.96 bits per heavy atom. The number of fused-ring (bicyclic) bond motifs is 1. The predicted octanol–water partition coefficient (Wildman–Crippen LogP) is 1.50. The average molecular weight is 372 g/mol. The van der Waals surface area contributed by atoms with E-state index >= 15 is 0 Å². The van der Waals surface area contributed by atoms with Crippen LogP contribution in [-0.2, 0) is 6.61 Å². The van der Waals surface area contributed by atoms with Crippen molar-refractivity contribution in [2.24, 2.45) is 0 Å². The van der Waals surface area contributed by atoms with Crippen LogP contribution in [0.1, 0.15) is 16.4 Å². The number of hydrogen-bond acceptors (Lipinski definition) is 7. The summed E-state index contributed by atoms with van der Waals surface area (Å²) in [7, 11) is 1.61. The first kappa shape index (κ1) is 18.7. The van der Waals surface area contributed by atoms with Gasteiger partial charge in [-0.25, -0.2) is 4.98 Å². The number of hydrogen-bond donors (Lipinski definition) is 3. The van der Waals surface area contributed by atoms with Crippen LogP contribution in [0.25, 0.3) is 10.8 Å². The van der Waals surface area contributed by atoms with Gasteiger partial charge in [-0.05, 0) is 35.0 Å². The Balaban J connectivity index is 1.61. The third-order valence-corrected chi connectivity index (χ3v) is 3.87. The van der Waals surface area contributed by atoms with E-state index < -0.39 is 18.6 Å². The molecule has 0 fully saturated rings. The van der Waals surface area contributed by atoms with Crippen molar-refractivity contribution in [1.82, 2.24) is 10.3 Å². The monoisotopic (exact) mass is 372 g/mol. The molecule has 0 aliphatic heterocycles. The molecule has 1 amide bonds. The molecule has 1 unspecified atom stereocenters. The first-order chi connectivity index (χ1) is 13.1. The lowest BCUT2D eigenvalue weighted by Gasteiger charge is -2.07. The Labute approximate surface area is 155 Å². The largest absolute Gasteiger partial charge is 0.497 e. The zero-order valence-corrected chi connectivity index (χ0v) is 14.7. The standard InChI is InChI=1S/C19H20N2O6/c1-25-15-4-2-12-3-5-16(7-13(12)6-15)26-11-18-21-17(10-27-18)19(24)20-8-14(23)9-22/h2-7,10,14,22-23H,8-9,11H2,1H3,(H,20,24). The van der Waals surface area contributed by atoms with Gasteiger partial charge in [0.2, 0.25) is 5.89 Å². The summed E-state index contributed by atoms with van der Waals surface area (Å²) in [6, 6.07) is 11.4. The van der Waals surface area contributed by atoms with Crippen LogP contribution < -0.4 is 14.8 Å². The van der Waals surface area contributed by atoms with Crippen LogP contribution in [-0.4, -0.2) is 47.5 Å². The van der Waals surface area contributed by atoms with Gasteiger partial charge >= 0.3 is 0 Å². The molecule has 142 valence electrons. The summed E-state index contributed by atoms with van der Waals surface area (Å²) in [5.41, 5.74) is 0.0713. The molecule has 1 heterocycles. The van der Waals surface area contributed by atoms with Crippen molar-refractivity contribution < 1.29 is 28.9 Å². The van der Waals surface area contributed by atoms with Gasteiger partial charge in [-0.3, -0.25) is 4.79 Å². The van der Waals surface area contributed by atoms with Gasteiger partial charge in [-0.1, -0.05) is 12.1 Å². The number of amides is 1. The van der Waals surface area contributed by atoms with Gasteiger partial charge in [0.15, 0.2) is 12.3 Å². The minimum Gasteiger partial charge on any atom is -0.497 e. The molecule has 8 nitrogen and oxygen atoms in total. The highest BCUT2D eigenvalue weighted by molar-refractivity contribution is 5.91. The first-order valence-electron chi connectivity index (χ1n) is 8.31. The second kappa shape index (κ2) is 8.52. The lowest BCUT2D eigenvalue weighted by Crippen LogP contribution is -2.34. The summed E-state index contributed by atoms with van der Waals surface area (Å²) in [5, 5.41) is 22.5. The number of oxazole rings is 1. The number of benzene rings is 2. The molecule has 0 radical (unpaired) electrons. The zero-order chi connectivity index (χ0) is 19.2. The van der Waals surface area contributed by atoms with Crippen LogP contribution in [0, 0.1) is 0 Å². The summed E-state index contributed by atoms with van der Waals surface area (Å²) in [5.74, 6) is 1.13. The number of rotatable bonds is 8. The van der Waals surface area contributed by atoms with E-state index in [0.717, 1.165) is 16.5 Å². The average Bonchev–Trinajstić information content (AvgIpc) is 3.18. The summed E-state index contributed by atoms with van der Waals surface area (Å²) in [6.45, 7) is -0.452. The Kier molecular flexibility index (Phi) is 5.90. The lowest BCUT2D eigenvalue weighted by atomic mass is 10.1. The molecular formula is C19H20N2O6.